The molecular weight excluding hydrogens is 1100 g/mol. The number of carbonyl (C=O) groups excluding carboxylic acids is 8. The van der Waals surface area contributed by atoms with Gasteiger partial charge in [-0.3, -0.25) is 19.4 Å². The number of ketones is 1. The van der Waals surface area contributed by atoms with Crippen LogP contribution in [-0.4, -0.2) is 225 Å². The molecule has 12 fully saturated rings. The summed E-state index contributed by atoms with van der Waals surface area (Å²) in [4.78, 5) is 101. The van der Waals surface area contributed by atoms with Crippen molar-refractivity contribution in [1.82, 2.24) is 45.8 Å². The van der Waals surface area contributed by atoms with Crippen molar-refractivity contribution in [3.05, 3.63) is 0 Å². The first-order valence-electron chi connectivity index (χ1n) is 30.2. The standard InChI is InChI=1S/C19H31N3O4.C17H27N3O4.C10H15NO3.C7H12N2O2.C4H8O2.CH4.ClH/c1-18(2,3)26-17(24)22-10-13-8-14(11-22)15(9-13)21-6-4-19(5-7-21)12-20-16(23)25-19;1-2-23-16(22)20-9-12-7-13(10-20)14(8-12)19-5-3-17(4-6-19)11-18-15(21)24-17;1-2-14-10(13)11-5-7-3-8(6-11)9(12)4-7;10-6-9-5-7(11-6)1-3-8-4-2-7;1-3-6-4(2)5;;/h13-15H,4-12H2,1-3H3,(H,20,23);12-14H,2-11H2,1H3,(H,18,21);7-8H,2-6H2,1H3;8H,1-5H2,(H,9,10);3H2,1-2H3;1H4;1H. The highest BCUT2D eigenvalue weighted by Gasteiger charge is 2.51. The molecule has 6 amide bonds. The number of alkyl carbamates (subject to hydrolysis) is 3. The summed E-state index contributed by atoms with van der Waals surface area (Å²) in [6.07, 6.45) is 10.5. The second kappa shape index (κ2) is 29.3. The number of halogens is 1. The van der Waals surface area contributed by atoms with Gasteiger partial charge in [-0.15, -0.1) is 12.4 Å². The first-order valence-corrected chi connectivity index (χ1v) is 30.2. The van der Waals surface area contributed by atoms with E-state index in [0.29, 0.717) is 106 Å². The van der Waals surface area contributed by atoms with E-state index < -0.39 is 5.60 Å². The van der Waals surface area contributed by atoms with Crippen molar-refractivity contribution in [3.8, 4) is 0 Å². The zero-order valence-electron chi connectivity index (χ0n) is 49.6. The highest BCUT2D eigenvalue weighted by atomic mass is 35.5. The number of ether oxygens (including phenoxy) is 7. The average Bonchev–Trinajstić information content (AvgIpc) is 4.47. The summed E-state index contributed by atoms with van der Waals surface area (Å²) in [7, 11) is 0. The predicted octanol–water partition coefficient (Wildman–Crippen LogP) is 6.16. The smallest absolute Gasteiger partial charge is 0.410 e. The van der Waals surface area contributed by atoms with E-state index in [9.17, 15) is 38.4 Å². The first-order chi connectivity index (χ1) is 38.6. The lowest BCUT2D eigenvalue weighted by Crippen LogP contribution is -2.52. The normalized spacial score (nSPS) is 30.2. The quantitative estimate of drug-likeness (QED) is 0.177. The fourth-order valence-corrected chi connectivity index (χ4v) is 14.5. The van der Waals surface area contributed by atoms with Crippen LogP contribution in [0.15, 0.2) is 0 Å². The van der Waals surface area contributed by atoms with Gasteiger partial charge in [-0.2, -0.15) is 0 Å². The summed E-state index contributed by atoms with van der Waals surface area (Å²) in [5.74, 6) is 2.82. The van der Waals surface area contributed by atoms with E-state index in [0.717, 1.165) is 117 Å². The highest BCUT2D eigenvalue weighted by molar-refractivity contribution is 5.85. The number of rotatable bonds is 5. The molecule has 3 saturated carbocycles. The summed E-state index contributed by atoms with van der Waals surface area (Å²) < 4.78 is 36.3. The molecule has 6 bridgehead atoms. The number of hydrogen-bond donors (Lipinski definition) is 4. The van der Waals surface area contributed by atoms with E-state index in [1.165, 1.54) is 26.2 Å². The summed E-state index contributed by atoms with van der Waals surface area (Å²) in [6, 6.07) is 1.09. The molecule has 0 radical (unpaired) electrons. The Balaban J connectivity index is 0.000000178. The van der Waals surface area contributed by atoms with Gasteiger partial charge in [0.2, 0.25) is 0 Å². The molecule has 12 rings (SSSR count). The van der Waals surface area contributed by atoms with Crippen LogP contribution in [0.5, 0.6) is 0 Å². The number of carbonyl (C=O) groups is 8. The summed E-state index contributed by atoms with van der Waals surface area (Å²) >= 11 is 0. The van der Waals surface area contributed by atoms with Gasteiger partial charge in [-0.25, -0.2) is 28.8 Å². The van der Waals surface area contributed by atoms with Crippen molar-refractivity contribution in [2.24, 2.45) is 35.5 Å². The van der Waals surface area contributed by atoms with E-state index in [1.807, 2.05) is 37.5 Å². The number of piperidine rings is 6. The molecular formula is C58H98ClN9O15. The maximum Gasteiger partial charge on any atom is 0.410 e. The van der Waals surface area contributed by atoms with Crippen molar-refractivity contribution in [3.63, 3.8) is 0 Å². The Kier molecular flexibility index (Phi) is 23.7. The zero-order chi connectivity index (χ0) is 58.1. The van der Waals surface area contributed by atoms with Gasteiger partial charge in [0.15, 0.2) is 0 Å². The van der Waals surface area contributed by atoms with Crippen molar-refractivity contribution < 1.29 is 71.5 Å². The van der Waals surface area contributed by atoms with Crippen LogP contribution in [0.25, 0.3) is 0 Å². The molecule has 0 aromatic rings. The lowest BCUT2D eigenvalue weighted by molar-refractivity contribution is -0.140. The van der Waals surface area contributed by atoms with Crippen molar-refractivity contribution >= 4 is 60.7 Å². The Hall–Kier alpha value is -5.07. The summed E-state index contributed by atoms with van der Waals surface area (Å²) in [5.41, 5.74) is -1.19. The largest absolute Gasteiger partial charge is 0.466 e. The number of esters is 1. The first kappa shape index (κ1) is 67.1. The van der Waals surface area contributed by atoms with Crippen LogP contribution in [0.1, 0.15) is 133 Å². The van der Waals surface area contributed by atoms with Gasteiger partial charge >= 0.3 is 42.5 Å². The molecule has 472 valence electrons. The Morgan fingerprint density at radius 3 is 1.30 bits per heavy atom. The molecule has 25 heteroatoms. The fraction of sp³-hybridized carbons (Fsp3) is 0.862. The number of Topliss-reactive ketones (excluding diaryl/α,β-unsaturated/α-hetero) is 1. The number of hydrogen-bond acceptors (Lipinski definition) is 18. The third-order valence-corrected chi connectivity index (χ3v) is 18.4. The van der Waals surface area contributed by atoms with Gasteiger partial charge in [0.25, 0.3) is 0 Å². The molecule has 9 heterocycles. The molecule has 8 unspecified atom stereocenters. The predicted molar refractivity (Wildman–Crippen MR) is 308 cm³/mol. The van der Waals surface area contributed by atoms with Gasteiger partial charge in [0.05, 0.1) is 39.5 Å². The maximum absolute atomic E-state index is 12.5. The van der Waals surface area contributed by atoms with E-state index in [2.05, 4.69) is 35.8 Å². The average molecular weight is 1200 g/mol. The molecule has 8 atom stereocenters. The fourth-order valence-electron chi connectivity index (χ4n) is 14.5. The van der Waals surface area contributed by atoms with E-state index in [4.69, 9.17) is 28.4 Å². The van der Waals surface area contributed by atoms with Crippen LogP contribution in [0.3, 0.4) is 0 Å². The molecule has 0 aromatic heterocycles. The maximum atomic E-state index is 12.5. The lowest BCUT2D eigenvalue weighted by atomic mass is 9.89. The molecule has 12 aliphatic rings. The second-order valence-electron chi connectivity index (χ2n) is 25.4. The molecule has 0 aromatic carbocycles. The van der Waals surface area contributed by atoms with Gasteiger partial charge in [-0.05, 0) is 116 Å². The third-order valence-electron chi connectivity index (χ3n) is 18.4. The molecule has 3 spiro atoms. The van der Waals surface area contributed by atoms with Crippen molar-refractivity contribution in [2.75, 3.05) is 118 Å². The summed E-state index contributed by atoms with van der Waals surface area (Å²) in [5, 5.41) is 11.5. The van der Waals surface area contributed by atoms with Crippen molar-refractivity contribution in [1.29, 1.82) is 0 Å². The monoisotopic (exact) mass is 1200 g/mol. The van der Waals surface area contributed by atoms with Gasteiger partial charge in [0, 0.05) is 135 Å². The number of nitrogens with one attached hydrogen (secondary N) is 4. The van der Waals surface area contributed by atoms with E-state index >= 15 is 0 Å². The molecule has 9 aliphatic heterocycles. The Bertz CT molecular complexity index is 2240. The van der Waals surface area contributed by atoms with Crippen LogP contribution in [0.4, 0.5) is 28.8 Å². The van der Waals surface area contributed by atoms with Gasteiger partial charge in [0.1, 0.15) is 28.2 Å². The number of amides is 6. The van der Waals surface area contributed by atoms with E-state index in [-0.39, 0.29) is 85.1 Å². The minimum atomic E-state index is -0.444. The van der Waals surface area contributed by atoms with Crippen molar-refractivity contribution in [2.45, 2.75) is 167 Å². The van der Waals surface area contributed by atoms with Crippen LogP contribution in [-0.2, 0) is 42.7 Å². The molecule has 4 N–H and O–H groups in total. The lowest BCUT2D eigenvalue weighted by Gasteiger charge is -2.42. The minimum absolute atomic E-state index is 0. The minimum Gasteiger partial charge on any atom is -0.466 e. The zero-order valence-corrected chi connectivity index (χ0v) is 50.4. The van der Waals surface area contributed by atoms with Crippen LogP contribution in [0, 0.1) is 35.5 Å². The number of fused-ring (bicyclic) bond motifs is 6. The van der Waals surface area contributed by atoms with Gasteiger partial charge < -0.3 is 69.1 Å². The van der Waals surface area contributed by atoms with Crippen LogP contribution < -0.4 is 21.3 Å². The molecule has 83 heavy (non-hydrogen) atoms. The van der Waals surface area contributed by atoms with Crippen LogP contribution >= 0.6 is 12.4 Å². The topological polar surface area (TPSA) is 265 Å². The second-order valence-corrected chi connectivity index (χ2v) is 25.4. The van der Waals surface area contributed by atoms with Crippen LogP contribution in [0.2, 0.25) is 0 Å². The highest BCUT2D eigenvalue weighted by Crippen LogP contribution is 2.44. The summed E-state index contributed by atoms with van der Waals surface area (Å²) in [6.45, 7) is 26.2. The Labute approximate surface area is 497 Å². The number of nitrogens with zero attached hydrogens (tertiary/aromatic N) is 5. The SMILES string of the molecule is C.CC(C)(C)OC(=O)N1CC2CC(C1)C(N1CCC3(CC1)CNC(=O)O3)C2.CCOC(=O)N1CC2CC(=O)C(C2)C1.CCOC(=O)N1CC2CC(C1)C(N1CCC3(CC1)CNC(=O)O3)C2.CCOC(C)=O.Cl.O=C1NCC2(CCNCC2)O1. The Morgan fingerprint density at radius 1 is 0.542 bits per heavy atom. The number of likely N-dealkylation sites (tertiary alicyclic amines) is 5. The molecule has 3 aliphatic carbocycles. The molecule has 9 saturated heterocycles. The third kappa shape index (κ3) is 17.8. The molecule has 24 nitrogen and oxygen atoms in total. The Morgan fingerprint density at radius 2 is 0.940 bits per heavy atom. The van der Waals surface area contributed by atoms with Gasteiger partial charge in [-0.1, -0.05) is 7.43 Å². The van der Waals surface area contributed by atoms with E-state index in [1.54, 1.807) is 18.7 Å².